The number of amides is 1. The smallest absolute Gasteiger partial charge is 0.261 e. The first-order valence-corrected chi connectivity index (χ1v) is 8.89. The third kappa shape index (κ3) is 2.99. The van der Waals surface area contributed by atoms with E-state index in [0.29, 0.717) is 29.1 Å². The van der Waals surface area contributed by atoms with E-state index < -0.39 is 0 Å². The summed E-state index contributed by atoms with van der Waals surface area (Å²) < 4.78 is 7.25. The van der Waals surface area contributed by atoms with E-state index in [1.807, 2.05) is 62.4 Å². The van der Waals surface area contributed by atoms with Crippen molar-refractivity contribution in [1.29, 1.82) is 0 Å². The Kier molecular flexibility index (Phi) is 4.24. The van der Waals surface area contributed by atoms with Crippen LogP contribution in [0.2, 0.25) is 0 Å². The van der Waals surface area contributed by atoms with Crippen LogP contribution in [0.25, 0.3) is 16.7 Å². The summed E-state index contributed by atoms with van der Waals surface area (Å²) in [4.78, 5) is 17.3. The maximum atomic E-state index is 12.7. The van der Waals surface area contributed by atoms with E-state index in [1.54, 1.807) is 6.92 Å². The van der Waals surface area contributed by atoms with Crippen molar-refractivity contribution in [2.24, 2.45) is 0 Å². The highest BCUT2D eigenvalue weighted by atomic mass is 16.5. The molecule has 0 radical (unpaired) electrons. The number of nitrogens with zero attached hydrogens (tertiary/aromatic N) is 3. The predicted octanol–water partition coefficient (Wildman–Crippen LogP) is 4.45. The number of anilines is 1. The quantitative estimate of drug-likeness (QED) is 0.584. The summed E-state index contributed by atoms with van der Waals surface area (Å²) in [5, 5.41) is 6.88. The molecule has 2 heterocycles. The minimum absolute atomic E-state index is 0.218. The number of carbonyl (C=O) groups is 1. The number of carbonyl (C=O) groups excluding carboxylic acids is 1. The molecule has 2 aromatic heterocycles. The molecule has 0 aliphatic rings. The van der Waals surface area contributed by atoms with Crippen LogP contribution in [-0.2, 0) is 6.42 Å². The first-order valence-electron chi connectivity index (χ1n) is 8.89. The normalized spacial score (nSPS) is 11.1. The largest absolute Gasteiger partial charge is 0.361 e. The Morgan fingerprint density at radius 1 is 1.15 bits per heavy atom. The molecule has 1 N–H and O–H groups in total. The summed E-state index contributed by atoms with van der Waals surface area (Å²) in [5.41, 5.74) is 4.73. The summed E-state index contributed by atoms with van der Waals surface area (Å²) in [6.07, 6.45) is 0.639. The third-order valence-corrected chi connectivity index (χ3v) is 4.59. The van der Waals surface area contributed by atoms with Crippen molar-refractivity contribution >= 4 is 22.6 Å². The summed E-state index contributed by atoms with van der Waals surface area (Å²) in [6, 6.07) is 15.8. The average Bonchev–Trinajstić information content (AvgIpc) is 3.20. The lowest BCUT2D eigenvalue weighted by Gasteiger charge is -2.08. The van der Waals surface area contributed by atoms with Gasteiger partial charge in [0.25, 0.3) is 5.91 Å². The minimum Gasteiger partial charge on any atom is -0.361 e. The predicted molar refractivity (Wildman–Crippen MR) is 104 cm³/mol. The topological polar surface area (TPSA) is 73.0 Å². The van der Waals surface area contributed by atoms with Crippen molar-refractivity contribution in [3.63, 3.8) is 0 Å². The molecule has 6 heteroatoms. The Balaban J connectivity index is 1.69. The number of rotatable bonds is 4. The van der Waals surface area contributed by atoms with Gasteiger partial charge in [-0.25, -0.2) is 4.98 Å². The van der Waals surface area contributed by atoms with Gasteiger partial charge in [-0.3, -0.25) is 9.36 Å². The molecule has 2 aromatic carbocycles. The van der Waals surface area contributed by atoms with Crippen molar-refractivity contribution in [3.8, 4) is 5.69 Å². The maximum absolute atomic E-state index is 12.7. The number of hydrogen-bond donors (Lipinski definition) is 1. The number of imidazole rings is 1. The van der Waals surface area contributed by atoms with Gasteiger partial charge >= 0.3 is 0 Å². The van der Waals surface area contributed by atoms with Crippen LogP contribution >= 0.6 is 0 Å². The fourth-order valence-corrected chi connectivity index (χ4v) is 3.33. The van der Waals surface area contributed by atoms with E-state index >= 15 is 0 Å². The van der Waals surface area contributed by atoms with Crippen molar-refractivity contribution < 1.29 is 9.32 Å². The molecule has 4 aromatic rings. The number of para-hydroxylation sites is 1. The van der Waals surface area contributed by atoms with Gasteiger partial charge in [-0.05, 0) is 50.6 Å². The molecule has 6 nitrogen and oxygen atoms in total. The number of nitrogens with one attached hydrogen (secondary N) is 1. The van der Waals surface area contributed by atoms with Crippen molar-refractivity contribution in [2.45, 2.75) is 27.2 Å². The molecule has 0 saturated carbocycles. The Hall–Kier alpha value is -3.41. The molecule has 0 aliphatic carbocycles. The molecular weight excluding hydrogens is 340 g/mol. The molecule has 136 valence electrons. The second kappa shape index (κ2) is 6.72. The molecule has 0 fully saturated rings. The monoisotopic (exact) mass is 360 g/mol. The van der Waals surface area contributed by atoms with Gasteiger partial charge < -0.3 is 9.84 Å². The lowest BCUT2D eigenvalue weighted by Crippen LogP contribution is -2.14. The molecular formula is C21H20N4O2. The number of fused-ring (bicyclic) bond motifs is 1. The molecule has 0 aliphatic heterocycles. The van der Waals surface area contributed by atoms with Gasteiger partial charge in [-0.1, -0.05) is 30.3 Å². The van der Waals surface area contributed by atoms with Crippen LogP contribution in [0.4, 0.5) is 5.69 Å². The average molecular weight is 360 g/mol. The van der Waals surface area contributed by atoms with Crippen LogP contribution in [-0.4, -0.2) is 20.6 Å². The maximum Gasteiger partial charge on any atom is 0.261 e. The van der Waals surface area contributed by atoms with E-state index in [4.69, 9.17) is 4.52 Å². The van der Waals surface area contributed by atoms with Gasteiger partial charge in [0, 0.05) is 11.4 Å². The fourth-order valence-electron chi connectivity index (χ4n) is 3.33. The van der Waals surface area contributed by atoms with Gasteiger partial charge in [0.15, 0.2) is 0 Å². The summed E-state index contributed by atoms with van der Waals surface area (Å²) >= 11 is 0. The van der Waals surface area contributed by atoms with E-state index in [0.717, 1.165) is 22.5 Å². The number of aryl methyl sites for hydroxylation is 3. The van der Waals surface area contributed by atoms with Gasteiger partial charge in [0.05, 0.1) is 16.7 Å². The summed E-state index contributed by atoms with van der Waals surface area (Å²) in [6.45, 7) is 5.66. The Bertz CT molecular complexity index is 1130. The minimum atomic E-state index is -0.218. The second-order valence-electron chi connectivity index (χ2n) is 6.40. The Labute approximate surface area is 156 Å². The van der Waals surface area contributed by atoms with Crippen LogP contribution in [0.5, 0.6) is 0 Å². The zero-order chi connectivity index (χ0) is 19.0. The SMILES string of the molecule is CCc1noc(C)c1C(=O)Nc1ccc2c(c1)nc(C)n2-c1ccccc1. The third-order valence-electron chi connectivity index (χ3n) is 4.59. The standard InChI is InChI=1S/C21H20N4O2/c1-4-17-20(13(2)27-24-17)21(26)23-15-10-11-19-18(12-15)22-14(3)25(19)16-8-6-5-7-9-16/h5-12H,4H2,1-3H3,(H,23,26). The zero-order valence-electron chi connectivity index (χ0n) is 15.5. The van der Waals surface area contributed by atoms with Gasteiger partial charge in [-0.15, -0.1) is 0 Å². The van der Waals surface area contributed by atoms with Gasteiger partial charge in [0.2, 0.25) is 0 Å². The van der Waals surface area contributed by atoms with Crippen LogP contribution in [0.3, 0.4) is 0 Å². The highest BCUT2D eigenvalue weighted by Gasteiger charge is 2.19. The van der Waals surface area contributed by atoms with Crippen LogP contribution < -0.4 is 5.32 Å². The van der Waals surface area contributed by atoms with Crippen LogP contribution in [0.15, 0.2) is 53.1 Å². The van der Waals surface area contributed by atoms with Crippen LogP contribution in [0.1, 0.15) is 34.6 Å². The zero-order valence-corrected chi connectivity index (χ0v) is 15.5. The molecule has 4 rings (SSSR count). The van der Waals surface area contributed by atoms with Crippen molar-refractivity contribution in [2.75, 3.05) is 5.32 Å². The highest BCUT2D eigenvalue weighted by molar-refractivity contribution is 6.06. The molecule has 1 amide bonds. The van der Waals surface area contributed by atoms with Crippen LogP contribution in [0, 0.1) is 13.8 Å². The van der Waals surface area contributed by atoms with E-state index in [9.17, 15) is 4.79 Å². The number of benzene rings is 2. The van der Waals surface area contributed by atoms with Crippen molar-refractivity contribution in [1.82, 2.24) is 14.7 Å². The lowest BCUT2D eigenvalue weighted by molar-refractivity contribution is 0.102. The van der Waals surface area contributed by atoms with E-state index in [2.05, 4.69) is 20.0 Å². The molecule has 0 unspecified atom stereocenters. The highest BCUT2D eigenvalue weighted by Crippen LogP contribution is 2.25. The fraction of sp³-hybridized carbons (Fsp3) is 0.190. The van der Waals surface area contributed by atoms with E-state index in [1.165, 1.54) is 0 Å². The Morgan fingerprint density at radius 2 is 1.93 bits per heavy atom. The summed E-state index contributed by atoms with van der Waals surface area (Å²) in [7, 11) is 0. The number of aromatic nitrogens is 3. The molecule has 0 bridgehead atoms. The lowest BCUT2D eigenvalue weighted by atomic mass is 10.1. The Morgan fingerprint density at radius 3 is 2.67 bits per heavy atom. The first-order chi connectivity index (χ1) is 13.1. The molecule has 0 atom stereocenters. The van der Waals surface area contributed by atoms with Crippen molar-refractivity contribution in [3.05, 3.63) is 71.4 Å². The number of hydrogen-bond acceptors (Lipinski definition) is 4. The summed E-state index contributed by atoms with van der Waals surface area (Å²) in [5.74, 6) is 1.20. The molecule has 0 saturated heterocycles. The van der Waals surface area contributed by atoms with Gasteiger partial charge in [0.1, 0.15) is 17.1 Å². The van der Waals surface area contributed by atoms with Gasteiger partial charge in [-0.2, -0.15) is 0 Å². The molecule has 0 spiro atoms. The molecule has 27 heavy (non-hydrogen) atoms. The van der Waals surface area contributed by atoms with E-state index in [-0.39, 0.29) is 5.91 Å². The second-order valence-corrected chi connectivity index (χ2v) is 6.40. The first kappa shape index (κ1) is 17.0.